The Balaban J connectivity index is 0.0000001000. The number of aromatic nitrogens is 1. The number of nitrogens with zero attached hydrogens (tertiary/aromatic N) is 1. The van der Waals surface area contributed by atoms with E-state index in [9.17, 15) is 0 Å². The molecule has 0 amide bonds. The van der Waals surface area contributed by atoms with Crippen molar-refractivity contribution in [2.45, 2.75) is 6.42 Å². The predicted molar refractivity (Wildman–Crippen MR) is 35.1 cm³/mol. The van der Waals surface area contributed by atoms with Gasteiger partial charge in [0.1, 0.15) is 6.26 Å². The molecule has 1 N–H and O–H groups in total. The molecule has 0 bridgehead atoms. The van der Waals surface area contributed by atoms with Gasteiger partial charge in [0.15, 0.2) is 6.39 Å². The van der Waals surface area contributed by atoms with Gasteiger partial charge < -0.3 is 9.25 Å². The van der Waals surface area contributed by atoms with Crippen molar-refractivity contribution in [1.29, 1.82) is 0 Å². The molecule has 1 aromatic rings. The van der Waals surface area contributed by atoms with Crippen LogP contribution in [0.2, 0.25) is 0 Å². The lowest BCUT2D eigenvalue weighted by Gasteiger charge is -1.80. The molecule has 10 heavy (non-hydrogen) atoms. The van der Waals surface area contributed by atoms with Crippen LogP contribution in [0.1, 0.15) is 6.42 Å². The van der Waals surface area contributed by atoms with Crippen LogP contribution in [0.4, 0.5) is 0 Å². The van der Waals surface area contributed by atoms with Crippen LogP contribution in [-0.2, 0) is 4.84 Å². The van der Waals surface area contributed by atoms with Crippen LogP contribution < -0.4 is 5.48 Å². The highest BCUT2D eigenvalue weighted by Gasteiger charge is 1.93. The Morgan fingerprint density at radius 1 is 1.50 bits per heavy atom. The van der Waals surface area contributed by atoms with Crippen molar-refractivity contribution in [1.82, 2.24) is 10.5 Å². The van der Waals surface area contributed by atoms with Crippen molar-refractivity contribution in [3.8, 4) is 0 Å². The van der Waals surface area contributed by atoms with Gasteiger partial charge in [0.25, 0.3) is 0 Å². The quantitative estimate of drug-likeness (QED) is 0.575. The van der Waals surface area contributed by atoms with E-state index in [1.54, 1.807) is 6.20 Å². The fourth-order valence-corrected chi connectivity index (χ4v) is 0.537. The van der Waals surface area contributed by atoms with Crippen molar-refractivity contribution in [3.63, 3.8) is 0 Å². The van der Waals surface area contributed by atoms with E-state index in [1.165, 1.54) is 19.1 Å². The van der Waals surface area contributed by atoms with Crippen LogP contribution in [0.5, 0.6) is 0 Å². The second-order valence-electron chi connectivity index (χ2n) is 1.77. The van der Waals surface area contributed by atoms with Gasteiger partial charge in [0.2, 0.25) is 0 Å². The summed E-state index contributed by atoms with van der Waals surface area (Å²) in [6.07, 6.45) is 5.64. The van der Waals surface area contributed by atoms with Crippen LogP contribution in [-0.4, -0.2) is 18.1 Å². The number of nitrogens with one attached hydrogen (secondary N) is 1. The molecule has 1 fully saturated rings. The molecule has 1 aliphatic rings. The van der Waals surface area contributed by atoms with Crippen molar-refractivity contribution >= 4 is 0 Å². The maximum Gasteiger partial charge on any atom is 0.180 e. The lowest BCUT2D eigenvalue weighted by Crippen LogP contribution is -2.01. The zero-order valence-corrected chi connectivity index (χ0v) is 5.62. The maximum atomic E-state index is 4.69. The molecule has 0 spiro atoms. The molecule has 1 aliphatic heterocycles. The number of hydroxylamine groups is 1. The molecule has 0 atom stereocenters. The third-order valence-corrected chi connectivity index (χ3v) is 0.975. The molecular formula is C6H10N2O2. The van der Waals surface area contributed by atoms with Crippen LogP contribution in [0.15, 0.2) is 23.3 Å². The highest BCUT2D eigenvalue weighted by Crippen LogP contribution is 1.83. The van der Waals surface area contributed by atoms with Crippen molar-refractivity contribution in [3.05, 3.63) is 18.9 Å². The van der Waals surface area contributed by atoms with E-state index in [0.29, 0.717) is 0 Å². The van der Waals surface area contributed by atoms with Gasteiger partial charge in [-0.05, 0) is 6.42 Å². The van der Waals surface area contributed by atoms with E-state index in [1.807, 2.05) is 0 Å². The first-order valence-electron chi connectivity index (χ1n) is 3.17. The lowest BCUT2D eigenvalue weighted by atomic mass is 10.5. The van der Waals surface area contributed by atoms with Crippen LogP contribution >= 0.6 is 0 Å². The average molecular weight is 142 g/mol. The van der Waals surface area contributed by atoms with E-state index in [4.69, 9.17) is 4.84 Å². The van der Waals surface area contributed by atoms with Crippen LogP contribution in [0.25, 0.3) is 0 Å². The molecule has 0 aliphatic carbocycles. The fraction of sp³-hybridized carbons (Fsp3) is 0.500. The number of hydrogen-bond acceptors (Lipinski definition) is 4. The Hall–Kier alpha value is -0.870. The van der Waals surface area contributed by atoms with Gasteiger partial charge in [0.05, 0.1) is 12.8 Å². The third-order valence-electron chi connectivity index (χ3n) is 0.975. The summed E-state index contributed by atoms with van der Waals surface area (Å²) >= 11 is 0. The Morgan fingerprint density at radius 2 is 2.50 bits per heavy atom. The highest BCUT2D eigenvalue weighted by molar-refractivity contribution is 4.56. The summed E-state index contributed by atoms with van der Waals surface area (Å²) in [6.45, 7) is 1.92. The lowest BCUT2D eigenvalue weighted by molar-refractivity contribution is 0.103. The number of rotatable bonds is 0. The Morgan fingerprint density at radius 3 is 2.70 bits per heavy atom. The Bertz CT molecular complexity index is 113. The summed E-state index contributed by atoms with van der Waals surface area (Å²) in [5.41, 5.74) is 2.72. The zero-order chi connectivity index (χ0) is 7.07. The summed E-state index contributed by atoms with van der Waals surface area (Å²) in [4.78, 5) is 8.25. The van der Waals surface area contributed by atoms with Crippen LogP contribution in [0.3, 0.4) is 0 Å². The van der Waals surface area contributed by atoms with Gasteiger partial charge in [-0.1, -0.05) is 0 Å². The molecule has 1 aromatic heterocycles. The van der Waals surface area contributed by atoms with E-state index >= 15 is 0 Å². The Labute approximate surface area is 59.2 Å². The van der Waals surface area contributed by atoms with Crippen molar-refractivity contribution < 1.29 is 9.25 Å². The molecule has 0 aromatic carbocycles. The first kappa shape index (κ1) is 7.24. The average Bonchev–Trinajstić information content (AvgIpc) is 2.67. The minimum Gasteiger partial charge on any atom is -0.452 e. The van der Waals surface area contributed by atoms with Gasteiger partial charge in [-0.25, -0.2) is 10.5 Å². The molecule has 4 heteroatoms. The molecule has 1 saturated heterocycles. The maximum absolute atomic E-state index is 4.69. The van der Waals surface area contributed by atoms with Gasteiger partial charge in [-0.2, -0.15) is 0 Å². The van der Waals surface area contributed by atoms with E-state index in [0.717, 1.165) is 13.2 Å². The second-order valence-corrected chi connectivity index (χ2v) is 1.77. The smallest absolute Gasteiger partial charge is 0.180 e. The highest BCUT2D eigenvalue weighted by atomic mass is 16.6. The predicted octanol–water partition coefficient (Wildman–Crippen LogP) is 0.586. The Kier molecular flexibility index (Phi) is 3.59. The minimum atomic E-state index is 0.889. The molecule has 2 heterocycles. The first-order chi connectivity index (χ1) is 5.00. The van der Waals surface area contributed by atoms with Crippen molar-refractivity contribution in [2.24, 2.45) is 0 Å². The molecule has 0 saturated carbocycles. The fourth-order valence-electron chi connectivity index (χ4n) is 0.537. The third kappa shape index (κ3) is 3.21. The molecule has 2 rings (SSSR count). The monoisotopic (exact) mass is 142 g/mol. The molecule has 0 unspecified atom stereocenters. The number of oxazole rings is 1. The van der Waals surface area contributed by atoms with Gasteiger partial charge >= 0.3 is 0 Å². The normalized spacial score (nSPS) is 16.0. The first-order valence-corrected chi connectivity index (χ1v) is 3.17. The van der Waals surface area contributed by atoms with Crippen LogP contribution in [0, 0.1) is 0 Å². The standard InChI is InChI=1S/C3H3NO.C3H7NO/c1-2-5-3-4-1;1-2-4-5-3-1/h1-3H;4H,1-3H2. The van der Waals surface area contributed by atoms with Crippen molar-refractivity contribution in [2.75, 3.05) is 13.2 Å². The van der Waals surface area contributed by atoms with E-state index in [-0.39, 0.29) is 0 Å². The minimum absolute atomic E-state index is 0.889. The van der Waals surface area contributed by atoms with Gasteiger partial charge in [-0.15, -0.1) is 0 Å². The number of hydrogen-bond donors (Lipinski definition) is 1. The summed E-state index contributed by atoms with van der Waals surface area (Å²) in [7, 11) is 0. The molecular weight excluding hydrogens is 132 g/mol. The van der Waals surface area contributed by atoms with E-state index in [2.05, 4.69) is 14.9 Å². The van der Waals surface area contributed by atoms with E-state index < -0.39 is 0 Å². The van der Waals surface area contributed by atoms with Gasteiger partial charge in [0, 0.05) is 6.54 Å². The molecule has 0 radical (unpaired) electrons. The molecule has 4 nitrogen and oxygen atoms in total. The molecule has 56 valence electrons. The summed E-state index contributed by atoms with van der Waals surface area (Å²) < 4.78 is 4.47. The largest absolute Gasteiger partial charge is 0.452 e. The topological polar surface area (TPSA) is 47.3 Å². The zero-order valence-electron chi connectivity index (χ0n) is 5.62. The SMILES string of the molecule is C1CNOC1.c1cocn1. The second kappa shape index (κ2) is 4.96. The van der Waals surface area contributed by atoms with Gasteiger partial charge in [-0.3, -0.25) is 0 Å². The summed E-state index contributed by atoms with van der Waals surface area (Å²) in [5.74, 6) is 0. The summed E-state index contributed by atoms with van der Waals surface area (Å²) in [5, 5.41) is 0. The summed E-state index contributed by atoms with van der Waals surface area (Å²) in [6, 6.07) is 0.